The van der Waals surface area contributed by atoms with E-state index in [4.69, 9.17) is 4.74 Å². The van der Waals surface area contributed by atoms with Crippen LogP contribution in [0.4, 0.5) is 13.2 Å². The third-order valence-electron chi connectivity index (χ3n) is 3.69. The molecule has 0 saturated carbocycles. The summed E-state index contributed by atoms with van der Waals surface area (Å²) >= 11 is 0. The highest BCUT2D eigenvalue weighted by Gasteiger charge is 2.31. The maximum Gasteiger partial charge on any atom is 0.573 e. The third-order valence-corrected chi connectivity index (χ3v) is 3.69. The van der Waals surface area contributed by atoms with Crippen LogP contribution in [0.15, 0.2) is 24.3 Å². The molecule has 1 unspecified atom stereocenters. The number of nitrogens with one attached hydrogen (secondary N) is 1. The molecule has 1 aliphatic heterocycles. The summed E-state index contributed by atoms with van der Waals surface area (Å²) in [6, 6.07) is 4.82. The number of ether oxygens (including phenoxy) is 2. The van der Waals surface area contributed by atoms with Crippen LogP contribution in [0, 0.1) is 5.92 Å². The fourth-order valence-electron chi connectivity index (χ4n) is 2.70. The van der Waals surface area contributed by atoms with Gasteiger partial charge in [-0.3, -0.25) is 9.69 Å². The quantitative estimate of drug-likeness (QED) is 0.848. The van der Waals surface area contributed by atoms with Crippen molar-refractivity contribution < 1.29 is 27.4 Å². The van der Waals surface area contributed by atoms with Crippen molar-refractivity contribution in [3.63, 3.8) is 0 Å². The molecule has 5 nitrogen and oxygen atoms in total. The molecule has 140 valence electrons. The highest BCUT2D eigenvalue weighted by atomic mass is 19.4. The van der Waals surface area contributed by atoms with Gasteiger partial charge in [-0.05, 0) is 30.2 Å². The number of halogens is 3. The highest BCUT2D eigenvalue weighted by Crippen LogP contribution is 2.22. The average molecular weight is 360 g/mol. The van der Waals surface area contributed by atoms with Crippen molar-refractivity contribution >= 4 is 5.91 Å². The smallest absolute Gasteiger partial charge is 0.406 e. The highest BCUT2D eigenvalue weighted by molar-refractivity contribution is 5.94. The molecular formula is C17H23F3N2O3. The van der Waals surface area contributed by atoms with Gasteiger partial charge in [0.25, 0.3) is 5.91 Å². The molecule has 2 rings (SSSR count). The van der Waals surface area contributed by atoms with E-state index in [9.17, 15) is 18.0 Å². The number of benzene rings is 1. The van der Waals surface area contributed by atoms with Crippen LogP contribution in [0.1, 0.15) is 24.2 Å². The van der Waals surface area contributed by atoms with Crippen molar-refractivity contribution in [2.75, 3.05) is 32.8 Å². The molecule has 1 amide bonds. The first-order valence-corrected chi connectivity index (χ1v) is 8.21. The first-order valence-electron chi connectivity index (χ1n) is 8.21. The number of rotatable bonds is 6. The second kappa shape index (κ2) is 8.53. The van der Waals surface area contributed by atoms with Gasteiger partial charge in [-0.25, -0.2) is 0 Å². The minimum absolute atomic E-state index is 0.0933. The standard InChI is InChI=1S/C17H23F3N2O3/c1-12(2)10-22-7-8-24-15(11-22)9-21-16(23)13-3-5-14(6-4-13)25-17(18,19)20/h3-6,12,15H,7-11H2,1-2H3,(H,21,23). The van der Waals surface area contributed by atoms with Crippen LogP contribution in [0.25, 0.3) is 0 Å². The van der Waals surface area contributed by atoms with E-state index in [1.807, 2.05) is 0 Å². The third kappa shape index (κ3) is 6.91. The average Bonchev–Trinajstić information content (AvgIpc) is 2.51. The van der Waals surface area contributed by atoms with E-state index in [2.05, 4.69) is 28.8 Å². The van der Waals surface area contributed by atoms with Gasteiger partial charge in [0.05, 0.1) is 12.7 Å². The Kier molecular flexibility index (Phi) is 6.66. The van der Waals surface area contributed by atoms with Crippen LogP contribution >= 0.6 is 0 Å². The van der Waals surface area contributed by atoms with Crippen molar-refractivity contribution in [3.8, 4) is 5.75 Å². The lowest BCUT2D eigenvalue weighted by Gasteiger charge is -2.33. The molecule has 0 spiro atoms. The molecule has 1 heterocycles. The van der Waals surface area contributed by atoms with E-state index in [0.717, 1.165) is 31.8 Å². The fraction of sp³-hybridized carbons (Fsp3) is 0.588. The van der Waals surface area contributed by atoms with E-state index in [1.54, 1.807) is 0 Å². The first kappa shape index (κ1) is 19.5. The Morgan fingerprint density at radius 3 is 2.64 bits per heavy atom. The van der Waals surface area contributed by atoms with Crippen LogP contribution in [0.3, 0.4) is 0 Å². The molecule has 0 aliphatic carbocycles. The molecule has 1 saturated heterocycles. The maximum absolute atomic E-state index is 12.1. The van der Waals surface area contributed by atoms with E-state index in [1.165, 1.54) is 12.1 Å². The summed E-state index contributed by atoms with van der Waals surface area (Å²) in [4.78, 5) is 14.4. The predicted molar refractivity (Wildman–Crippen MR) is 86.5 cm³/mol. The van der Waals surface area contributed by atoms with Gasteiger partial charge >= 0.3 is 6.36 Å². The van der Waals surface area contributed by atoms with Crippen LogP contribution in [-0.4, -0.2) is 56.1 Å². The molecule has 0 bridgehead atoms. The summed E-state index contributed by atoms with van der Waals surface area (Å²) in [7, 11) is 0. The second-order valence-corrected chi connectivity index (χ2v) is 6.43. The lowest BCUT2D eigenvalue weighted by Crippen LogP contribution is -2.48. The van der Waals surface area contributed by atoms with E-state index in [-0.39, 0.29) is 23.3 Å². The summed E-state index contributed by atoms with van der Waals surface area (Å²) in [5.41, 5.74) is 0.268. The molecule has 0 radical (unpaired) electrons. The topological polar surface area (TPSA) is 50.8 Å². The largest absolute Gasteiger partial charge is 0.573 e. The Hall–Kier alpha value is -1.80. The zero-order valence-electron chi connectivity index (χ0n) is 14.3. The van der Waals surface area contributed by atoms with Crippen LogP contribution in [-0.2, 0) is 4.74 Å². The molecule has 1 aromatic carbocycles. The van der Waals surface area contributed by atoms with E-state index >= 15 is 0 Å². The lowest BCUT2D eigenvalue weighted by molar-refractivity contribution is -0.274. The Morgan fingerprint density at radius 1 is 1.36 bits per heavy atom. The number of alkyl halides is 3. The Bertz CT molecular complexity index is 561. The minimum Gasteiger partial charge on any atom is -0.406 e. The molecule has 1 fully saturated rings. The summed E-state index contributed by atoms with van der Waals surface area (Å²) in [5, 5.41) is 2.76. The van der Waals surface area contributed by atoms with Crippen molar-refractivity contribution in [2.24, 2.45) is 5.92 Å². The zero-order chi connectivity index (χ0) is 18.4. The molecule has 8 heteroatoms. The Balaban J connectivity index is 1.81. The molecule has 1 N–H and O–H groups in total. The first-order chi connectivity index (χ1) is 11.7. The van der Waals surface area contributed by atoms with Gasteiger partial charge in [0.2, 0.25) is 0 Å². The SMILES string of the molecule is CC(C)CN1CCOC(CNC(=O)c2ccc(OC(F)(F)F)cc2)C1. The number of hydrogen-bond acceptors (Lipinski definition) is 4. The van der Waals surface area contributed by atoms with Crippen molar-refractivity contribution in [2.45, 2.75) is 26.3 Å². The fourth-order valence-corrected chi connectivity index (χ4v) is 2.70. The number of hydrogen-bond donors (Lipinski definition) is 1. The van der Waals surface area contributed by atoms with Crippen LogP contribution in [0.2, 0.25) is 0 Å². The zero-order valence-corrected chi connectivity index (χ0v) is 14.3. The number of carbonyl (C=O) groups is 1. The summed E-state index contributed by atoms with van der Waals surface area (Å²) in [6.07, 6.45) is -4.84. The maximum atomic E-state index is 12.1. The van der Waals surface area contributed by atoms with Gasteiger partial charge in [-0.1, -0.05) is 13.8 Å². The summed E-state index contributed by atoms with van der Waals surface area (Å²) in [5.74, 6) is -0.155. The molecule has 1 aliphatic rings. The predicted octanol–water partition coefficient (Wildman–Crippen LogP) is 2.67. The van der Waals surface area contributed by atoms with Gasteiger partial charge in [0.15, 0.2) is 0 Å². The number of amides is 1. The monoisotopic (exact) mass is 360 g/mol. The minimum atomic E-state index is -4.75. The van der Waals surface area contributed by atoms with Gasteiger partial charge in [-0.2, -0.15) is 0 Å². The van der Waals surface area contributed by atoms with Crippen LogP contribution < -0.4 is 10.1 Å². The summed E-state index contributed by atoms with van der Waals surface area (Å²) < 4.78 is 45.8. The Labute approximate surface area is 145 Å². The number of carbonyl (C=O) groups excluding carboxylic acids is 1. The van der Waals surface area contributed by atoms with Crippen molar-refractivity contribution in [1.82, 2.24) is 10.2 Å². The van der Waals surface area contributed by atoms with E-state index in [0.29, 0.717) is 19.1 Å². The Morgan fingerprint density at radius 2 is 2.04 bits per heavy atom. The van der Waals surface area contributed by atoms with Gasteiger partial charge in [0, 0.05) is 31.7 Å². The molecule has 0 aromatic heterocycles. The molecular weight excluding hydrogens is 337 g/mol. The van der Waals surface area contributed by atoms with Crippen LogP contribution in [0.5, 0.6) is 5.75 Å². The summed E-state index contributed by atoms with van der Waals surface area (Å²) in [6.45, 7) is 7.89. The number of nitrogens with zero attached hydrogens (tertiary/aromatic N) is 1. The molecule has 25 heavy (non-hydrogen) atoms. The molecule has 1 atom stereocenters. The normalized spacial score (nSPS) is 19.0. The van der Waals surface area contributed by atoms with E-state index < -0.39 is 6.36 Å². The van der Waals surface area contributed by atoms with Crippen molar-refractivity contribution in [1.29, 1.82) is 0 Å². The number of morpholine rings is 1. The van der Waals surface area contributed by atoms with Gasteiger partial charge in [0.1, 0.15) is 5.75 Å². The second-order valence-electron chi connectivity index (χ2n) is 6.43. The van der Waals surface area contributed by atoms with Crippen molar-refractivity contribution in [3.05, 3.63) is 29.8 Å². The van der Waals surface area contributed by atoms with Gasteiger partial charge in [-0.15, -0.1) is 13.2 Å². The molecule has 1 aromatic rings. The van der Waals surface area contributed by atoms with Gasteiger partial charge < -0.3 is 14.8 Å². The lowest BCUT2D eigenvalue weighted by atomic mass is 10.1.